The van der Waals surface area contributed by atoms with Crippen LogP contribution in [0.1, 0.15) is 18.4 Å². The second-order valence-corrected chi connectivity index (χ2v) is 5.15. The molecule has 0 spiro atoms. The summed E-state index contributed by atoms with van der Waals surface area (Å²) in [5.41, 5.74) is 1.02. The molecule has 0 heterocycles. The molecule has 0 aromatic heterocycles. The zero-order valence-corrected chi connectivity index (χ0v) is 11.4. The molecule has 2 rings (SSSR count). The van der Waals surface area contributed by atoms with Crippen LogP contribution in [0.15, 0.2) is 35.6 Å². The third kappa shape index (κ3) is 2.72. The molecule has 0 amide bonds. The molecule has 4 heteroatoms. The molecule has 1 aliphatic rings. The fourth-order valence-corrected chi connectivity index (χ4v) is 2.46. The normalized spacial score (nSPS) is 14.9. The van der Waals surface area contributed by atoms with E-state index in [4.69, 9.17) is 26.9 Å². The highest BCUT2D eigenvalue weighted by Gasteiger charge is 2.49. The quantitative estimate of drug-likeness (QED) is 0.621. The molecule has 0 aliphatic heterocycles. The van der Waals surface area contributed by atoms with Crippen molar-refractivity contribution in [1.82, 2.24) is 0 Å². The summed E-state index contributed by atoms with van der Waals surface area (Å²) in [7, 11) is 1.52. The molecular weight excluding hydrogens is 260 g/mol. The standard InChI is InChI=1S/C15H13ClN2O/c1-19-14(12(9-17)10-18)15(6-7-15)8-11-2-4-13(16)5-3-11/h2-5H,6-8H2,1H3. The second-order valence-electron chi connectivity index (χ2n) is 4.72. The fourth-order valence-electron chi connectivity index (χ4n) is 2.34. The summed E-state index contributed by atoms with van der Waals surface area (Å²) in [4.78, 5) is 0. The van der Waals surface area contributed by atoms with Crippen molar-refractivity contribution in [2.75, 3.05) is 7.11 Å². The third-order valence-electron chi connectivity index (χ3n) is 3.45. The van der Waals surface area contributed by atoms with Crippen LogP contribution in [0.2, 0.25) is 5.02 Å². The zero-order chi connectivity index (χ0) is 13.9. The van der Waals surface area contributed by atoms with Crippen molar-refractivity contribution in [3.63, 3.8) is 0 Å². The molecule has 0 saturated heterocycles. The molecule has 19 heavy (non-hydrogen) atoms. The summed E-state index contributed by atoms with van der Waals surface area (Å²) < 4.78 is 5.33. The van der Waals surface area contributed by atoms with Gasteiger partial charge in [-0.2, -0.15) is 10.5 Å². The molecule has 0 bridgehead atoms. The number of allylic oxidation sites excluding steroid dienone is 2. The monoisotopic (exact) mass is 272 g/mol. The van der Waals surface area contributed by atoms with Gasteiger partial charge in [0, 0.05) is 10.4 Å². The van der Waals surface area contributed by atoms with E-state index in [1.54, 1.807) is 0 Å². The first kappa shape index (κ1) is 13.5. The van der Waals surface area contributed by atoms with E-state index in [1.165, 1.54) is 7.11 Å². The Balaban J connectivity index is 2.29. The van der Waals surface area contributed by atoms with Gasteiger partial charge in [0.15, 0.2) is 5.57 Å². The van der Waals surface area contributed by atoms with Crippen molar-refractivity contribution in [1.29, 1.82) is 10.5 Å². The van der Waals surface area contributed by atoms with Gasteiger partial charge in [-0.15, -0.1) is 0 Å². The Labute approximate surface area is 117 Å². The maximum Gasteiger partial charge on any atom is 0.167 e. The highest BCUT2D eigenvalue weighted by atomic mass is 35.5. The Morgan fingerprint density at radius 1 is 1.26 bits per heavy atom. The number of nitrogens with zero attached hydrogens (tertiary/aromatic N) is 2. The van der Waals surface area contributed by atoms with E-state index in [-0.39, 0.29) is 11.0 Å². The predicted octanol–water partition coefficient (Wildman–Crippen LogP) is 3.61. The number of rotatable bonds is 4. The lowest BCUT2D eigenvalue weighted by molar-refractivity contribution is 0.228. The van der Waals surface area contributed by atoms with Crippen LogP contribution in [0.25, 0.3) is 0 Å². The number of methoxy groups -OCH3 is 1. The minimum atomic E-state index is -0.191. The van der Waals surface area contributed by atoms with Gasteiger partial charge in [0.05, 0.1) is 7.11 Å². The van der Waals surface area contributed by atoms with Crippen LogP contribution < -0.4 is 0 Å². The SMILES string of the molecule is COC(=C(C#N)C#N)C1(Cc2ccc(Cl)cc2)CC1. The van der Waals surface area contributed by atoms with Crippen LogP contribution in [-0.2, 0) is 11.2 Å². The van der Waals surface area contributed by atoms with Crippen LogP contribution in [0.3, 0.4) is 0 Å². The van der Waals surface area contributed by atoms with Gasteiger partial charge in [-0.3, -0.25) is 0 Å². The average molecular weight is 273 g/mol. The van der Waals surface area contributed by atoms with Crippen molar-refractivity contribution < 1.29 is 4.74 Å². The number of benzene rings is 1. The summed E-state index contributed by atoms with van der Waals surface area (Å²) in [6, 6.07) is 11.5. The lowest BCUT2D eigenvalue weighted by Gasteiger charge is -2.18. The summed E-state index contributed by atoms with van der Waals surface area (Å²) in [6.07, 6.45) is 2.64. The number of halogens is 1. The molecule has 1 aliphatic carbocycles. The molecular formula is C15H13ClN2O. The largest absolute Gasteiger partial charge is 0.498 e. The summed E-state index contributed by atoms with van der Waals surface area (Å²) >= 11 is 5.86. The van der Waals surface area contributed by atoms with Crippen LogP contribution in [0.4, 0.5) is 0 Å². The number of hydrogen-bond donors (Lipinski definition) is 0. The highest BCUT2D eigenvalue weighted by molar-refractivity contribution is 6.30. The Morgan fingerprint density at radius 3 is 2.26 bits per heavy atom. The van der Waals surface area contributed by atoms with E-state index >= 15 is 0 Å². The number of hydrogen-bond acceptors (Lipinski definition) is 3. The molecule has 0 radical (unpaired) electrons. The van der Waals surface area contributed by atoms with Gasteiger partial charge in [0.25, 0.3) is 0 Å². The first-order valence-electron chi connectivity index (χ1n) is 5.98. The van der Waals surface area contributed by atoms with Gasteiger partial charge >= 0.3 is 0 Å². The van der Waals surface area contributed by atoms with E-state index in [9.17, 15) is 0 Å². The van der Waals surface area contributed by atoms with Crippen molar-refractivity contribution in [2.24, 2.45) is 5.41 Å². The van der Waals surface area contributed by atoms with Gasteiger partial charge in [-0.25, -0.2) is 0 Å². The van der Waals surface area contributed by atoms with E-state index in [0.717, 1.165) is 24.8 Å². The van der Waals surface area contributed by atoms with E-state index in [2.05, 4.69) is 0 Å². The fraction of sp³-hybridized carbons (Fsp3) is 0.333. The van der Waals surface area contributed by atoms with Crippen LogP contribution in [0, 0.1) is 28.1 Å². The average Bonchev–Trinajstić information content (AvgIpc) is 3.19. The summed E-state index contributed by atoms with van der Waals surface area (Å²) in [5.74, 6) is 0.521. The smallest absolute Gasteiger partial charge is 0.167 e. The molecule has 1 saturated carbocycles. The molecule has 1 aromatic carbocycles. The first-order chi connectivity index (χ1) is 9.15. The lowest BCUT2D eigenvalue weighted by atomic mass is 9.92. The van der Waals surface area contributed by atoms with Crippen molar-refractivity contribution in [3.8, 4) is 12.1 Å². The Kier molecular flexibility index (Phi) is 3.79. The van der Waals surface area contributed by atoms with Crippen LogP contribution in [0.5, 0.6) is 0 Å². The minimum Gasteiger partial charge on any atom is -0.498 e. The third-order valence-corrected chi connectivity index (χ3v) is 3.70. The molecule has 3 nitrogen and oxygen atoms in total. The maximum absolute atomic E-state index is 8.99. The molecule has 0 unspecified atom stereocenters. The zero-order valence-electron chi connectivity index (χ0n) is 10.6. The number of nitriles is 2. The summed E-state index contributed by atoms with van der Waals surface area (Å²) in [6.45, 7) is 0. The van der Waals surface area contributed by atoms with E-state index < -0.39 is 0 Å². The molecule has 1 aromatic rings. The van der Waals surface area contributed by atoms with Gasteiger partial charge in [-0.05, 0) is 37.0 Å². The van der Waals surface area contributed by atoms with Crippen LogP contribution >= 0.6 is 11.6 Å². The van der Waals surface area contributed by atoms with Gasteiger partial charge < -0.3 is 4.74 Å². The molecule has 0 N–H and O–H groups in total. The Bertz CT molecular complexity index is 570. The van der Waals surface area contributed by atoms with Crippen LogP contribution in [-0.4, -0.2) is 7.11 Å². The molecule has 1 fully saturated rings. The molecule has 0 atom stereocenters. The summed E-state index contributed by atoms with van der Waals surface area (Å²) in [5, 5.41) is 18.7. The van der Waals surface area contributed by atoms with Crippen molar-refractivity contribution >= 4 is 11.6 Å². The lowest BCUT2D eigenvalue weighted by Crippen LogP contribution is -2.12. The van der Waals surface area contributed by atoms with E-state index in [1.807, 2.05) is 36.4 Å². The highest BCUT2D eigenvalue weighted by Crippen LogP contribution is 2.55. The molecule has 96 valence electrons. The van der Waals surface area contributed by atoms with Crippen molar-refractivity contribution in [2.45, 2.75) is 19.3 Å². The number of ether oxygens (including phenoxy) is 1. The first-order valence-corrected chi connectivity index (χ1v) is 6.36. The minimum absolute atomic E-state index is 0.0777. The Hall–Kier alpha value is -1.97. The topological polar surface area (TPSA) is 56.8 Å². The van der Waals surface area contributed by atoms with E-state index in [0.29, 0.717) is 10.8 Å². The van der Waals surface area contributed by atoms with Gasteiger partial charge in [0.2, 0.25) is 0 Å². The Morgan fingerprint density at radius 2 is 1.84 bits per heavy atom. The second kappa shape index (κ2) is 5.34. The van der Waals surface area contributed by atoms with Gasteiger partial charge in [-0.1, -0.05) is 23.7 Å². The van der Waals surface area contributed by atoms with Gasteiger partial charge in [0.1, 0.15) is 17.9 Å². The predicted molar refractivity (Wildman–Crippen MR) is 72.1 cm³/mol. The maximum atomic E-state index is 8.99. The van der Waals surface area contributed by atoms with Crippen molar-refractivity contribution in [3.05, 3.63) is 46.2 Å².